The molecule has 0 bridgehead atoms. The first-order valence-electron chi connectivity index (χ1n) is 6.24. The van der Waals surface area contributed by atoms with Gasteiger partial charge in [0.05, 0.1) is 4.90 Å². The Kier molecular flexibility index (Phi) is 4.53. The molecule has 106 valence electrons. The Morgan fingerprint density at radius 1 is 1.26 bits per heavy atom. The Bertz CT molecular complexity index is 583. The van der Waals surface area contributed by atoms with Gasteiger partial charge in [0, 0.05) is 17.5 Å². The normalized spacial score (nSPS) is 12.5. The lowest BCUT2D eigenvalue weighted by Gasteiger charge is -2.21. The van der Waals surface area contributed by atoms with Crippen LogP contribution in [0.25, 0.3) is 0 Å². The van der Waals surface area contributed by atoms with E-state index in [0.717, 1.165) is 0 Å². The second-order valence-electron chi connectivity index (χ2n) is 5.61. The quantitative estimate of drug-likeness (QED) is 0.864. The van der Waals surface area contributed by atoms with E-state index in [1.807, 2.05) is 0 Å². The molecule has 1 aromatic rings. The van der Waals surface area contributed by atoms with Crippen molar-refractivity contribution >= 4 is 15.8 Å². The molecule has 5 heteroatoms. The van der Waals surface area contributed by atoms with E-state index in [-0.39, 0.29) is 10.7 Å². The number of benzene rings is 1. The summed E-state index contributed by atoms with van der Waals surface area (Å²) in [6.45, 7) is 8.81. The van der Waals surface area contributed by atoms with Gasteiger partial charge in [0.15, 0.2) is 5.78 Å². The monoisotopic (exact) mass is 283 g/mol. The van der Waals surface area contributed by atoms with Crippen LogP contribution in [-0.2, 0) is 10.0 Å². The molecule has 0 aliphatic carbocycles. The Balaban J connectivity index is 3.30. The summed E-state index contributed by atoms with van der Waals surface area (Å²) in [5, 5.41) is 0. The standard InChI is InChI=1S/C14H21NO3S/c1-6-12(16)11-8-7-10(2)13(9-11)19(17,18)15-14(3,4)5/h7-9,15H,6H2,1-5H3. The number of Topliss-reactive ketones (excluding diaryl/α,β-unsaturated/α-hetero) is 1. The number of hydrogen-bond acceptors (Lipinski definition) is 3. The third kappa shape index (κ3) is 4.14. The number of ketones is 1. The van der Waals surface area contributed by atoms with E-state index in [4.69, 9.17) is 0 Å². The van der Waals surface area contributed by atoms with Crippen molar-refractivity contribution in [3.05, 3.63) is 29.3 Å². The topological polar surface area (TPSA) is 63.2 Å². The zero-order chi connectivity index (χ0) is 14.8. The van der Waals surface area contributed by atoms with Gasteiger partial charge in [0.2, 0.25) is 10.0 Å². The van der Waals surface area contributed by atoms with Crippen molar-refractivity contribution in [2.45, 2.75) is 51.5 Å². The lowest BCUT2D eigenvalue weighted by Crippen LogP contribution is -2.40. The van der Waals surface area contributed by atoms with E-state index in [0.29, 0.717) is 17.5 Å². The maximum atomic E-state index is 12.3. The molecular formula is C14H21NO3S. The minimum Gasteiger partial charge on any atom is -0.294 e. The van der Waals surface area contributed by atoms with E-state index >= 15 is 0 Å². The maximum Gasteiger partial charge on any atom is 0.241 e. The summed E-state index contributed by atoms with van der Waals surface area (Å²) in [5.41, 5.74) is 0.502. The molecule has 1 N–H and O–H groups in total. The van der Waals surface area contributed by atoms with Crippen molar-refractivity contribution in [1.29, 1.82) is 0 Å². The van der Waals surface area contributed by atoms with E-state index in [2.05, 4.69) is 4.72 Å². The molecule has 0 amide bonds. The highest BCUT2D eigenvalue weighted by molar-refractivity contribution is 7.89. The highest BCUT2D eigenvalue weighted by Crippen LogP contribution is 2.19. The van der Waals surface area contributed by atoms with Crippen LogP contribution in [0.4, 0.5) is 0 Å². The first-order valence-corrected chi connectivity index (χ1v) is 7.73. The van der Waals surface area contributed by atoms with Crippen LogP contribution < -0.4 is 4.72 Å². The molecule has 19 heavy (non-hydrogen) atoms. The van der Waals surface area contributed by atoms with Gasteiger partial charge < -0.3 is 0 Å². The van der Waals surface area contributed by atoms with E-state index in [1.165, 1.54) is 6.07 Å². The van der Waals surface area contributed by atoms with Gasteiger partial charge >= 0.3 is 0 Å². The number of aryl methyl sites for hydroxylation is 1. The molecule has 0 fully saturated rings. The fourth-order valence-corrected chi connectivity index (χ4v) is 3.42. The second kappa shape index (κ2) is 5.43. The molecular weight excluding hydrogens is 262 g/mol. The Morgan fingerprint density at radius 2 is 1.84 bits per heavy atom. The van der Waals surface area contributed by atoms with Crippen LogP contribution >= 0.6 is 0 Å². The Labute approximate surface area is 115 Å². The summed E-state index contributed by atoms with van der Waals surface area (Å²) in [6.07, 6.45) is 0.356. The van der Waals surface area contributed by atoms with Crippen molar-refractivity contribution in [1.82, 2.24) is 4.72 Å². The van der Waals surface area contributed by atoms with Crippen LogP contribution in [0.5, 0.6) is 0 Å². The van der Waals surface area contributed by atoms with Gasteiger partial charge in [-0.2, -0.15) is 0 Å². The van der Waals surface area contributed by atoms with Crippen LogP contribution in [0.3, 0.4) is 0 Å². The van der Waals surface area contributed by atoms with Gasteiger partial charge in [-0.3, -0.25) is 4.79 Å². The van der Waals surface area contributed by atoms with Crippen LogP contribution in [-0.4, -0.2) is 19.7 Å². The maximum absolute atomic E-state index is 12.3. The van der Waals surface area contributed by atoms with Crippen molar-refractivity contribution in [3.63, 3.8) is 0 Å². The Morgan fingerprint density at radius 3 is 2.32 bits per heavy atom. The first-order chi connectivity index (χ1) is 8.57. The molecule has 1 rings (SSSR count). The fourth-order valence-electron chi connectivity index (χ4n) is 1.73. The lowest BCUT2D eigenvalue weighted by molar-refractivity contribution is 0.0988. The minimum absolute atomic E-state index is 0.0628. The predicted octanol–water partition coefficient (Wildman–Crippen LogP) is 2.66. The van der Waals surface area contributed by atoms with Crippen molar-refractivity contribution < 1.29 is 13.2 Å². The molecule has 0 aliphatic heterocycles. The molecule has 0 atom stereocenters. The number of hydrogen-bond donors (Lipinski definition) is 1. The summed E-state index contributed by atoms with van der Waals surface area (Å²) in [7, 11) is -3.62. The average Bonchev–Trinajstić information content (AvgIpc) is 2.25. The number of rotatable bonds is 4. The molecule has 0 radical (unpaired) electrons. The van der Waals surface area contributed by atoms with E-state index in [1.54, 1.807) is 46.8 Å². The molecule has 0 heterocycles. The average molecular weight is 283 g/mol. The van der Waals surface area contributed by atoms with Crippen LogP contribution in [0.2, 0.25) is 0 Å². The lowest BCUT2D eigenvalue weighted by atomic mass is 10.1. The minimum atomic E-state index is -3.62. The van der Waals surface area contributed by atoms with E-state index < -0.39 is 15.6 Å². The number of sulfonamides is 1. The van der Waals surface area contributed by atoms with Crippen LogP contribution in [0.1, 0.15) is 50.0 Å². The summed E-state index contributed by atoms with van der Waals surface area (Å²) >= 11 is 0. The summed E-state index contributed by atoms with van der Waals surface area (Å²) < 4.78 is 27.2. The molecule has 0 aromatic heterocycles. The molecule has 0 saturated heterocycles. The zero-order valence-corrected chi connectivity index (χ0v) is 12.9. The summed E-state index contributed by atoms with van der Waals surface area (Å²) in [4.78, 5) is 11.8. The van der Waals surface area contributed by atoms with Crippen LogP contribution in [0.15, 0.2) is 23.1 Å². The molecule has 0 unspecified atom stereocenters. The van der Waals surface area contributed by atoms with Gasteiger partial charge in [0.25, 0.3) is 0 Å². The van der Waals surface area contributed by atoms with Crippen molar-refractivity contribution in [2.75, 3.05) is 0 Å². The fraction of sp³-hybridized carbons (Fsp3) is 0.500. The SMILES string of the molecule is CCC(=O)c1ccc(C)c(S(=O)(=O)NC(C)(C)C)c1. The Hall–Kier alpha value is -1.20. The molecule has 0 spiro atoms. The molecule has 1 aromatic carbocycles. The number of carbonyl (C=O) groups excluding carboxylic acids is 1. The van der Waals surface area contributed by atoms with Gasteiger partial charge in [-0.15, -0.1) is 0 Å². The van der Waals surface area contributed by atoms with Crippen LogP contribution in [0, 0.1) is 6.92 Å². The summed E-state index contributed by atoms with van der Waals surface area (Å²) in [6, 6.07) is 4.78. The molecule has 0 saturated carbocycles. The first kappa shape index (κ1) is 15.9. The smallest absolute Gasteiger partial charge is 0.241 e. The zero-order valence-electron chi connectivity index (χ0n) is 12.1. The van der Waals surface area contributed by atoms with Gasteiger partial charge in [-0.25, -0.2) is 13.1 Å². The van der Waals surface area contributed by atoms with Crippen molar-refractivity contribution in [3.8, 4) is 0 Å². The second-order valence-corrected chi connectivity index (χ2v) is 7.26. The van der Waals surface area contributed by atoms with E-state index in [9.17, 15) is 13.2 Å². The predicted molar refractivity (Wildman–Crippen MR) is 75.9 cm³/mol. The summed E-state index contributed by atoms with van der Waals surface area (Å²) in [5.74, 6) is -0.0628. The van der Waals surface area contributed by atoms with Gasteiger partial charge in [-0.1, -0.05) is 19.1 Å². The largest absolute Gasteiger partial charge is 0.294 e. The van der Waals surface area contributed by atoms with Gasteiger partial charge in [-0.05, 0) is 39.3 Å². The highest BCUT2D eigenvalue weighted by Gasteiger charge is 2.24. The molecule has 4 nitrogen and oxygen atoms in total. The van der Waals surface area contributed by atoms with Crippen molar-refractivity contribution in [2.24, 2.45) is 0 Å². The third-order valence-corrected chi connectivity index (χ3v) is 4.46. The third-order valence-electron chi connectivity index (χ3n) is 2.56. The molecule has 0 aliphatic rings. The number of carbonyl (C=O) groups is 1. The van der Waals surface area contributed by atoms with Gasteiger partial charge in [0.1, 0.15) is 0 Å². The number of nitrogens with one attached hydrogen (secondary N) is 1. The highest BCUT2D eigenvalue weighted by atomic mass is 32.2.